The molecule has 0 fully saturated rings. The number of amides is 1. The highest BCUT2D eigenvalue weighted by Gasteiger charge is 2.11. The van der Waals surface area contributed by atoms with Gasteiger partial charge in [0, 0.05) is 14.0 Å². The summed E-state index contributed by atoms with van der Waals surface area (Å²) in [5.41, 5.74) is 7.42. The molecular weight excluding hydrogens is 326 g/mol. The molecule has 3 aromatic heterocycles. The number of carbonyl (C=O) groups excluding carboxylic acids is 1. The van der Waals surface area contributed by atoms with E-state index >= 15 is 0 Å². The fourth-order valence-corrected chi connectivity index (χ4v) is 2.09. The highest BCUT2D eigenvalue weighted by atomic mass is 16.5. The van der Waals surface area contributed by atoms with E-state index in [1.165, 1.54) is 13.1 Å². The van der Waals surface area contributed by atoms with Gasteiger partial charge in [-0.3, -0.25) is 4.79 Å². The van der Waals surface area contributed by atoms with Crippen molar-refractivity contribution in [3.05, 3.63) is 24.5 Å². The first kappa shape index (κ1) is 16.6. The number of methoxy groups -OCH3 is 1. The normalized spacial score (nSPS) is 10.8. The number of nitrogens with zero attached hydrogens (tertiary/aromatic N) is 5. The van der Waals surface area contributed by atoms with Gasteiger partial charge in [0.05, 0.1) is 19.0 Å². The standard InChI is InChI=1S/C15H17N7O3/c1-9(23)18-12-8-22-13(20-12)4-3-10(21-22)11-7-17-14(16)15(19-11)25-6-5-24-2/h3-4,7-8H,5-6H2,1-2H3,(H2,16,17)(H,18,23). The number of anilines is 2. The highest BCUT2D eigenvalue weighted by molar-refractivity contribution is 5.87. The highest BCUT2D eigenvalue weighted by Crippen LogP contribution is 2.22. The Labute approximate surface area is 143 Å². The van der Waals surface area contributed by atoms with Gasteiger partial charge in [-0.2, -0.15) is 5.10 Å². The number of hydrogen-bond acceptors (Lipinski definition) is 8. The van der Waals surface area contributed by atoms with Crippen LogP contribution in [0, 0.1) is 0 Å². The van der Waals surface area contributed by atoms with Gasteiger partial charge in [-0.25, -0.2) is 19.5 Å². The molecule has 0 aliphatic heterocycles. The zero-order chi connectivity index (χ0) is 17.8. The number of nitrogens with one attached hydrogen (secondary N) is 1. The second-order valence-electron chi connectivity index (χ2n) is 5.12. The quantitative estimate of drug-likeness (QED) is 0.627. The maximum atomic E-state index is 11.1. The van der Waals surface area contributed by atoms with Crippen molar-refractivity contribution in [2.45, 2.75) is 6.92 Å². The lowest BCUT2D eigenvalue weighted by molar-refractivity contribution is -0.114. The summed E-state index contributed by atoms with van der Waals surface area (Å²) in [6.45, 7) is 2.14. The average Bonchev–Trinajstić information content (AvgIpc) is 2.97. The molecule has 3 aromatic rings. The third kappa shape index (κ3) is 3.80. The van der Waals surface area contributed by atoms with Gasteiger partial charge in [-0.15, -0.1) is 0 Å². The van der Waals surface area contributed by atoms with Crippen LogP contribution in [-0.2, 0) is 9.53 Å². The molecule has 1 amide bonds. The van der Waals surface area contributed by atoms with Crippen LogP contribution in [0.2, 0.25) is 0 Å². The van der Waals surface area contributed by atoms with E-state index in [9.17, 15) is 4.79 Å². The molecule has 0 aliphatic carbocycles. The number of hydrogen-bond donors (Lipinski definition) is 2. The Bertz CT molecular complexity index is 909. The van der Waals surface area contributed by atoms with Gasteiger partial charge >= 0.3 is 0 Å². The Kier molecular flexibility index (Phi) is 4.70. The van der Waals surface area contributed by atoms with Crippen LogP contribution >= 0.6 is 0 Å². The molecule has 0 aliphatic rings. The van der Waals surface area contributed by atoms with Crippen molar-refractivity contribution in [2.75, 3.05) is 31.4 Å². The van der Waals surface area contributed by atoms with Gasteiger partial charge in [0.15, 0.2) is 17.3 Å². The predicted octanol–water partition coefficient (Wildman–Crippen LogP) is 0.752. The predicted molar refractivity (Wildman–Crippen MR) is 90.1 cm³/mol. The Hall–Kier alpha value is -3.27. The van der Waals surface area contributed by atoms with Gasteiger partial charge < -0.3 is 20.5 Å². The second kappa shape index (κ2) is 7.09. The lowest BCUT2D eigenvalue weighted by Crippen LogP contribution is -2.09. The van der Waals surface area contributed by atoms with Crippen molar-refractivity contribution < 1.29 is 14.3 Å². The van der Waals surface area contributed by atoms with Gasteiger partial charge in [-0.1, -0.05) is 0 Å². The Morgan fingerprint density at radius 2 is 2.12 bits per heavy atom. The van der Waals surface area contributed by atoms with Crippen molar-refractivity contribution in [2.24, 2.45) is 0 Å². The summed E-state index contributed by atoms with van der Waals surface area (Å²) in [5.74, 6) is 0.632. The van der Waals surface area contributed by atoms with Crippen molar-refractivity contribution in [3.63, 3.8) is 0 Å². The van der Waals surface area contributed by atoms with Crippen LogP contribution in [0.5, 0.6) is 5.88 Å². The first-order chi connectivity index (χ1) is 12.1. The molecule has 3 N–H and O–H groups in total. The number of carbonyl (C=O) groups is 1. The van der Waals surface area contributed by atoms with Crippen molar-refractivity contribution >= 4 is 23.2 Å². The number of nitrogens with two attached hydrogens (primary N) is 1. The van der Waals surface area contributed by atoms with E-state index in [0.717, 1.165) is 0 Å². The summed E-state index contributed by atoms with van der Waals surface area (Å²) in [4.78, 5) is 23.8. The van der Waals surface area contributed by atoms with Crippen LogP contribution in [0.3, 0.4) is 0 Å². The molecule has 3 rings (SSSR count). The number of rotatable bonds is 6. The summed E-state index contributed by atoms with van der Waals surface area (Å²) in [6.07, 6.45) is 3.12. The molecule has 25 heavy (non-hydrogen) atoms. The summed E-state index contributed by atoms with van der Waals surface area (Å²) >= 11 is 0. The minimum Gasteiger partial charge on any atom is -0.473 e. The summed E-state index contributed by atoms with van der Waals surface area (Å²) < 4.78 is 11.9. The molecule has 3 heterocycles. The van der Waals surface area contributed by atoms with Gasteiger partial charge in [-0.05, 0) is 12.1 Å². The van der Waals surface area contributed by atoms with Crippen LogP contribution in [0.15, 0.2) is 24.5 Å². The molecule has 0 saturated heterocycles. The topological polar surface area (TPSA) is 130 Å². The van der Waals surface area contributed by atoms with Crippen molar-refractivity contribution in [1.29, 1.82) is 0 Å². The first-order valence-corrected chi connectivity index (χ1v) is 7.45. The number of fused-ring (bicyclic) bond motifs is 1. The number of ether oxygens (including phenoxy) is 2. The van der Waals surface area contributed by atoms with Crippen LogP contribution in [-0.4, -0.2) is 50.8 Å². The maximum Gasteiger partial charge on any atom is 0.257 e. The zero-order valence-corrected chi connectivity index (χ0v) is 13.8. The summed E-state index contributed by atoms with van der Waals surface area (Å²) in [7, 11) is 1.58. The van der Waals surface area contributed by atoms with Gasteiger partial charge in [0.2, 0.25) is 5.91 Å². The second-order valence-corrected chi connectivity index (χ2v) is 5.12. The fraction of sp³-hybridized carbons (Fsp3) is 0.267. The van der Waals surface area contributed by atoms with Crippen LogP contribution < -0.4 is 15.8 Å². The van der Waals surface area contributed by atoms with Crippen LogP contribution in [0.1, 0.15) is 6.92 Å². The van der Waals surface area contributed by atoms with E-state index in [1.807, 2.05) is 0 Å². The Balaban J connectivity index is 1.90. The molecule has 0 saturated carbocycles. The lowest BCUT2D eigenvalue weighted by Gasteiger charge is -2.08. The molecular formula is C15H17N7O3. The third-order valence-corrected chi connectivity index (χ3v) is 3.18. The number of imidazole rings is 1. The SMILES string of the molecule is COCCOc1nc(-c2ccc3nc(NC(C)=O)cn3n2)cnc1N. The largest absolute Gasteiger partial charge is 0.473 e. The zero-order valence-electron chi connectivity index (χ0n) is 13.8. The van der Waals surface area contributed by atoms with Crippen molar-refractivity contribution in [1.82, 2.24) is 24.6 Å². The van der Waals surface area contributed by atoms with E-state index in [2.05, 4.69) is 25.4 Å². The van der Waals surface area contributed by atoms with E-state index in [1.54, 1.807) is 30.0 Å². The number of aromatic nitrogens is 5. The molecule has 130 valence electrons. The smallest absolute Gasteiger partial charge is 0.257 e. The molecule has 10 nitrogen and oxygen atoms in total. The molecule has 0 bridgehead atoms. The minimum absolute atomic E-state index is 0.191. The van der Waals surface area contributed by atoms with Crippen molar-refractivity contribution in [3.8, 4) is 17.3 Å². The van der Waals surface area contributed by atoms with E-state index in [0.29, 0.717) is 36.1 Å². The van der Waals surface area contributed by atoms with Gasteiger partial charge in [0.25, 0.3) is 5.88 Å². The molecule has 10 heteroatoms. The van der Waals surface area contributed by atoms with Crippen LogP contribution in [0.4, 0.5) is 11.6 Å². The maximum absolute atomic E-state index is 11.1. The minimum atomic E-state index is -0.203. The fourth-order valence-electron chi connectivity index (χ4n) is 2.09. The molecule has 0 atom stereocenters. The molecule has 0 radical (unpaired) electrons. The Morgan fingerprint density at radius 1 is 1.28 bits per heavy atom. The molecule has 0 aromatic carbocycles. The van der Waals surface area contributed by atoms with Crippen LogP contribution in [0.25, 0.3) is 17.0 Å². The third-order valence-electron chi connectivity index (χ3n) is 3.18. The van der Waals surface area contributed by atoms with E-state index in [4.69, 9.17) is 15.2 Å². The summed E-state index contributed by atoms with van der Waals surface area (Å²) in [6, 6.07) is 3.51. The first-order valence-electron chi connectivity index (χ1n) is 7.45. The molecule has 0 unspecified atom stereocenters. The lowest BCUT2D eigenvalue weighted by atomic mass is 10.3. The monoisotopic (exact) mass is 343 g/mol. The number of nitrogen functional groups attached to an aromatic ring is 1. The average molecular weight is 343 g/mol. The summed E-state index contributed by atoms with van der Waals surface area (Å²) in [5, 5.41) is 7.03. The molecule has 0 spiro atoms. The van der Waals surface area contributed by atoms with Gasteiger partial charge in [0.1, 0.15) is 18.0 Å². The van der Waals surface area contributed by atoms with E-state index < -0.39 is 0 Å². The Morgan fingerprint density at radius 3 is 2.88 bits per heavy atom. The van der Waals surface area contributed by atoms with E-state index in [-0.39, 0.29) is 17.6 Å².